The Bertz CT molecular complexity index is 480. The van der Waals surface area contributed by atoms with Crippen LogP contribution in [0.15, 0.2) is 30.8 Å². The highest BCUT2D eigenvalue weighted by molar-refractivity contribution is 5.69. The van der Waals surface area contributed by atoms with Gasteiger partial charge in [-0.05, 0) is 38.0 Å². The van der Waals surface area contributed by atoms with Crippen LogP contribution < -0.4 is 5.32 Å². The SMILES string of the molecule is C=C(C)c1cccc(C(C)(C)NC(=O)OCCCO)c1. The molecule has 0 aliphatic carbocycles. The first kappa shape index (κ1) is 16.2. The molecule has 0 spiro atoms. The molecule has 0 aliphatic rings. The highest BCUT2D eigenvalue weighted by atomic mass is 16.5. The summed E-state index contributed by atoms with van der Waals surface area (Å²) in [6.45, 7) is 9.92. The van der Waals surface area contributed by atoms with Crippen LogP contribution in [-0.4, -0.2) is 24.4 Å². The number of hydrogen-bond donors (Lipinski definition) is 2. The number of ether oxygens (including phenoxy) is 1. The molecule has 20 heavy (non-hydrogen) atoms. The first-order chi connectivity index (χ1) is 9.36. The van der Waals surface area contributed by atoms with Crippen LogP contribution >= 0.6 is 0 Å². The number of nitrogens with one attached hydrogen (secondary N) is 1. The fourth-order valence-electron chi connectivity index (χ4n) is 1.77. The molecule has 2 N–H and O–H groups in total. The van der Waals surface area contributed by atoms with Crippen LogP contribution in [0, 0.1) is 0 Å². The van der Waals surface area contributed by atoms with Gasteiger partial charge in [-0.1, -0.05) is 30.4 Å². The van der Waals surface area contributed by atoms with Gasteiger partial charge in [0.1, 0.15) is 0 Å². The van der Waals surface area contributed by atoms with Gasteiger partial charge >= 0.3 is 6.09 Å². The van der Waals surface area contributed by atoms with E-state index < -0.39 is 11.6 Å². The molecule has 1 rings (SSSR count). The molecule has 1 amide bonds. The number of amides is 1. The number of benzene rings is 1. The Morgan fingerprint density at radius 3 is 2.75 bits per heavy atom. The molecule has 0 fully saturated rings. The van der Waals surface area contributed by atoms with Gasteiger partial charge in [-0.15, -0.1) is 0 Å². The average molecular weight is 277 g/mol. The molecule has 110 valence electrons. The number of aliphatic hydroxyl groups is 1. The van der Waals surface area contributed by atoms with Crippen LogP contribution in [0.1, 0.15) is 38.3 Å². The maximum Gasteiger partial charge on any atom is 0.407 e. The van der Waals surface area contributed by atoms with Crippen molar-refractivity contribution in [3.05, 3.63) is 42.0 Å². The van der Waals surface area contributed by atoms with Crippen molar-refractivity contribution in [3.8, 4) is 0 Å². The van der Waals surface area contributed by atoms with Crippen molar-refractivity contribution >= 4 is 11.7 Å². The van der Waals surface area contributed by atoms with Gasteiger partial charge in [0, 0.05) is 13.0 Å². The second-order valence-electron chi connectivity index (χ2n) is 5.32. The van der Waals surface area contributed by atoms with Gasteiger partial charge in [0.2, 0.25) is 0 Å². The van der Waals surface area contributed by atoms with E-state index in [0.717, 1.165) is 16.7 Å². The summed E-state index contributed by atoms with van der Waals surface area (Å²) in [7, 11) is 0. The van der Waals surface area contributed by atoms with Gasteiger partial charge < -0.3 is 15.2 Å². The van der Waals surface area contributed by atoms with E-state index in [9.17, 15) is 4.79 Å². The van der Waals surface area contributed by atoms with E-state index in [0.29, 0.717) is 6.42 Å². The van der Waals surface area contributed by atoms with E-state index in [2.05, 4.69) is 11.9 Å². The van der Waals surface area contributed by atoms with Crippen molar-refractivity contribution < 1.29 is 14.6 Å². The lowest BCUT2D eigenvalue weighted by atomic mass is 9.92. The predicted octanol–water partition coefficient (Wildman–Crippen LogP) is 3.06. The topological polar surface area (TPSA) is 58.6 Å². The maximum atomic E-state index is 11.7. The van der Waals surface area contributed by atoms with Crippen LogP contribution in [0.5, 0.6) is 0 Å². The molecule has 0 aromatic heterocycles. The van der Waals surface area contributed by atoms with E-state index in [4.69, 9.17) is 9.84 Å². The van der Waals surface area contributed by atoms with E-state index in [1.807, 2.05) is 45.0 Å². The Kier molecular flexibility index (Phi) is 5.77. The zero-order chi connectivity index (χ0) is 15.2. The highest BCUT2D eigenvalue weighted by Gasteiger charge is 2.23. The molecule has 1 aromatic rings. The number of carbonyl (C=O) groups excluding carboxylic acids is 1. The van der Waals surface area contributed by atoms with Gasteiger partial charge in [0.25, 0.3) is 0 Å². The fraction of sp³-hybridized carbons (Fsp3) is 0.438. The fourth-order valence-corrected chi connectivity index (χ4v) is 1.77. The molecule has 0 radical (unpaired) electrons. The summed E-state index contributed by atoms with van der Waals surface area (Å²) in [4.78, 5) is 11.7. The average Bonchev–Trinajstić information content (AvgIpc) is 2.38. The largest absolute Gasteiger partial charge is 0.449 e. The second-order valence-corrected chi connectivity index (χ2v) is 5.32. The van der Waals surface area contributed by atoms with Crippen LogP contribution in [0.3, 0.4) is 0 Å². The molecule has 0 unspecified atom stereocenters. The third kappa shape index (κ3) is 4.70. The normalized spacial score (nSPS) is 11.0. The molecule has 0 heterocycles. The standard InChI is InChI=1S/C16H23NO3/c1-12(2)13-7-5-8-14(11-13)16(3,4)17-15(19)20-10-6-9-18/h5,7-8,11,18H,1,6,9-10H2,2-4H3,(H,17,19). The van der Waals surface area contributed by atoms with Crippen molar-refractivity contribution in [3.63, 3.8) is 0 Å². The molecule has 0 atom stereocenters. The number of alkyl carbamates (subject to hydrolysis) is 1. The van der Waals surface area contributed by atoms with Crippen molar-refractivity contribution in [2.24, 2.45) is 0 Å². The number of hydrogen-bond acceptors (Lipinski definition) is 3. The molecular formula is C16H23NO3. The summed E-state index contributed by atoms with van der Waals surface area (Å²) in [5.41, 5.74) is 2.47. The highest BCUT2D eigenvalue weighted by Crippen LogP contribution is 2.23. The molecule has 0 bridgehead atoms. The zero-order valence-corrected chi connectivity index (χ0v) is 12.4. The summed E-state index contributed by atoms with van der Waals surface area (Å²) < 4.78 is 4.99. The molecule has 0 aliphatic heterocycles. The smallest absolute Gasteiger partial charge is 0.407 e. The predicted molar refractivity (Wildman–Crippen MR) is 80.4 cm³/mol. The summed E-state index contributed by atoms with van der Waals surface area (Å²) in [6, 6.07) is 7.90. The lowest BCUT2D eigenvalue weighted by Gasteiger charge is -2.27. The molecule has 0 saturated heterocycles. The monoisotopic (exact) mass is 277 g/mol. The van der Waals surface area contributed by atoms with Gasteiger partial charge in [-0.2, -0.15) is 0 Å². The third-order valence-electron chi connectivity index (χ3n) is 3.03. The molecule has 4 heteroatoms. The van der Waals surface area contributed by atoms with Crippen molar-refractivity contribution in [1.29, 1.82) is 0 Å². The lowest BCUT2D eigenvalue weighted by molar-refractivity contribution is 0.126. The number of rotatable bonds is 6. The Balaban J connectivity index is 2.75. The Morgan fingerprint density at radius 2 is 2.15 bits per heavy atom. The van der Waals surface area contributed by atoms with Gasteiger partial charge in [-0.25, -0.2) is 4.79 Å². The number of aliphatic hydroxyl groups excluding tert-OH is 1. The summed E-state index contributed by atoms with van der Waals surface area (Å²) in [5, 5.41) is 11.5. The Morgan fingerprint density at radius 1 is 1.45 bits per heavy atom. The summed E-state index contributed by atoms with van der Waals surface area (Å²) in [6.07, 6.45) is -0.0388. The number of carbonyl (C=O) groups is 1. The first-order valence-corrected chi connectivity index (χ1v) is 6.69. The van der Waals surface area contributed by atoms with Gasteiger partial charge in [-0.3, -0.25) is 0 Å². The second kappa shape index (κ2) is 7.10. The Labute approximate surface area is 120 Å². The van der Waals surface area contributed by atoms with Gasteiger partial charge in [0.15, 0.2) is 0 Å². The zero-order valence-electron chi connectivity index (χ0n) is 12.4. The summed E-state index contributed by atoms with van der Waals surface area (Å²) >= 11 is 0. The first-order valence-electron chi connectivity index (χ1n) is 6.69. The molecule has 0 saturated carbocycles. The minimum absolute atomic E-state index is 0.0112. The van der Waals surface area contributed by atoms with E-state index in [-0.39, 0.29) is 13.2 Å². The third-order valence-corrected chi connectivity index (χ3v) is 3.03. The van der Waals surface area contributed by atoms with E-state index >= 15 is 0 Å². The van der Waals surface area contributed by atoms with Crippen LogP contribution in [0.4, 0.5) is 4.79 Å². The van der Waals surface area contributed by atoms with Crippen molar-refractivity contribution in [1.82, 2.24) is 5.32 Å². The summed E-state index contributed by atoms with van der Waals surface area (Å²) in [5.74, 6) is 0. The van der Waals surface area contributed by atoms with Crippen molar-refractivity contribution in [2.45, 2.75) is 32.7 Å². The lowest BCUT2D eigenvalue weighted by Crippen LogP contribution is -2.41. The maximum absolute atomic E-state index is 11.7. The van der Waals surface area contributed by atoms with E-state index in [1.54, 1.807) is 0 Å². The minimum Gasteiger partial charge on any atom is -0.449 e. The van der Waals surface area contributed by atoms with Crippen molar-refractivity contribution in [2.75, 3.05) is 13.2 Å². The number of allylic oxidation sites excluding steroid dienone is 1. The van der Waals surface area contributed by atoms with E-state index in [1.165, 1.54) is 0 Å². The minimum atomic E-state index is -0.540. The van der Waals surface area contributed by atoms with Crippen LogP contribution in [-0.2, 0) is 10.3 Å². The van der Waals surface area contributed by atoms with Gasteiger partial charge in [0.05, 0.1) is 12.1 Å². The molecule has 4 nitrogen and oxygen atoms in total. The van der Waals surface area contributed by atoms with Crippen LogP contribution in [0.25, 0.3) is 5.57 Å². The molecule has 1 aromatic carbocycles. The van der Waals surface area contributed by atoms with Crippen LogP contribution in [0.2, 0.25) is 0 Å². The Hall–Kier alpha value is -1.81. The molecular weight excluding hydrogens is 254 g/mol. The quantitative estimate of drug-likeness (QED) is 0.786.